The van der Waals surface area contributed by atoms with Crippen LogP contribution in [0.3, 0.4) is 0 Å². The van der Waals surface area contributed by atoms with Crippen molar-refractivity contribution in [3.05, 3.63) is 11.9 Å². The van der Waals surface area contributed by atoms with E-state index in [-0.39, 0.29) is 0 Å². The summed E-state index contributed by atoms with van der Waals surface area (Å²) in [6.45, 7) is 8.33. The molecule has 0 saturated heterocycles. The van der Waals surface area contributed by atoms with Crippen LogP contribution in [0, 0.1) is 12.8 Å². The fraction of sp³-hybridized carbons (Fsp3) is 0.636. The van der Waals surface area contributed by atoms with Gasteiger partial charge >= 0.3 is 0 Å². The average molecular weight is 209 g/mol. The van der Waals surface area contributed by atoms with E-state index < -0.39 is 0 Å². The molecule has 0 bridgehead atoms. The first-order chi connectivity index (χ1) is 7.02. The monoisotopic (exact) mass is 209 g/mol. The van der Waals surface area contributed by atoms with Crippen molar-refractivity contribution in [1.29, 1.82) is 0 Å². The van der Waals surface area contributed by atoms with E-state index in [1.54, 1.807) is 7.11 Å². The first-order valence-electron chi connectivity index (χ1n) is 5.19. The Hall–Kier alpha value is -1.32. The molecule has 84 valence electrons. The Morgan fingerprint density at radius 2 is 1.93 bits per heavy atom. The Morgan fingerprint density at radius 3 is 2.47 bits per heavy atom. The summed E-state index contributed by atoms with van der Waals surface area (Å²) in [4.78, 5) is 8.43. The van der Waals surface area contributed by atoms with Gasteiger partial charge in [-0.05, 0) is 19.8 Å². The predicted molar refractivity (Wildman–Crippen MR) is 61.2 cm³/mol. The Bertz CT molecular complexity index is 326. The molecule has 4 heteroatoms. The summed E-state index contributed by atoms with van der Waals surface area (Å²) in [5.74, 6) is 2.69. The van der Waals surface area contributed by atoms with Gasteiger partial charge in [-0.2, -0.15) is 4.98 Å². The molecule has 1 unspecified atom stereocenters. The van der Waals surface area contributed by atoms with Crippen LogP contribution in [-0.4, -0.2) is 23.1 Å². The van der Waals surface area contributed by atoms with E-state index in [0.29, 0.717) is 23.7 Å². The van der Waals surface area contributed by atoms with Gasteiger partial charge in [-0.3, -0.25) is 0 Å². The summed E-state index contributed by atoms with van der Waals surface area (Å²) in [5, 5.41) is 3.33. The van der Waals surface area contributed by atoms with E-state index in [1.165, 1.54) is 0 Å². The summed E-state index contributed by atoms with van der Waals surface area (Å²) < 4.78 is 5.09. The van der Waals surface area contributed by atoms with E-state index in [2.05, 4.69) is 36.1 Å². The number of methoxy groups -OCH3 is 1. The van der Waals surface area contributed by atoms with E-state index in [1.807, 2.05) is 13.0 Å². The molecule has 0 aromatic carbocycles. The Labute approximate surface area is 91.1 Å². The number of hydrogen-bond acceptors (Lipinski definition) is 4. The second-order valence-corrected chi connectivity index (χ2v) is 4.02. The normalized spacial score (nSPS) is 12.7. The number of hydrogen-bond donors (Lipinski definition) is 1. The predicted octanol–water partition coefficient (Wildman–Crippen LogP) is 2.25. The molecule has 1 aromatic heterocycles. The van der Waals surface area contributed by atoms with Crippen molar-refractivity contribution < 1.29 is 4.74 Å². The summed E-state index contributed by atoms with van der Waals surface area (Å²) in [6, 6.07) is 2.19. The van der Waals surface area contributed by atoms with Crippen molar-refractivity contribution in [2.45, 2.75) is 33.7 Å². The zero-order valence-electron chi connectivity index (χ0n) is 10.0. The number of nitrogens with one attached hydrogen (secondary N) is 1. The first-order valence-corrected chi connectivity index (χ1v) is 5.19. The van der Waals surface area contributed by atoms with Gasteiger partial charge in [-0.1, -0.05) is 13.8 Å². The maximum Gasteiger partial charge on any atom is 0.218 e. The van der Waals surface area contributed by atoms with E-state index in [9.17, 15) is 0 Å². The molecule has 1 rings (SSSR count). The van der Waals surface area contributed by atoms with Gasteiger partial charge in [0.2, 0.25) is 5.88 Å². The highest BCUT2D eigenvalue weighted by Crippen LogP contribution is 2.15. The molecule has 0 amide bonds. The van der Waals surface area contributed by atoms with Crippen LogP contribution in [0.1, 0.15) is 26.6 Å². The van der Waals surface area contributed by atoms with Crippen LogP contribution >= 0.6 is 0 Å². The van der Waals surface area contributed by atoms with Gasteiger partial charge in [0.05, 0.1) is 7.11 Å². The zero-order valence-corrected chi connectivity index (χ0v) is 10.0. The number of ether oxygens (including phenoxy) is 1. The number of anilines is 1. The molecule has 1 atom stereocenters. The number of nitrogens with zero attached hydrogens (tertiary/aromatic N) is 2. The summed E-state index contributed by atoms with van der Waals surface area (Å²) in [7, 11) is 1.61. The lowest BCUT2D eigenvalue weighted by atomic mass is 10.1. The van der Waals surface area contributed by atoms with Gasteiger partial charge in [0.25, 0.3) is 0 Å². The van der Waals surface area contributed by atoms with Crippen molar-refractivity contribution in [2.75, 3.05) is 12.4 Å². The van der Waals surface area contributed by atoms with Gasteiger partial charge in [-0.25, -0.2) is 4.98 Å². The zero-order chi connectivity index (χ0) is 11.4. The standard InChI is InChI=1S/C11H19N3O/c1-7(2)8(3)12-10-6-11(15-5)14-9(4)13-10/h6-8H,1-5H3,(H,12,13,14). The number of rotatable bonds is 4. The maximum absolute atomic E-state index is 5.09. The molecule has 1 N–H and O–H groups in total. The van der Waals surface area contributed by atoms with Crippen LogP contribution in [-0.2, 0) is 0 Å². The highest BCUT2D eigenvalue weighted by atomic mass is 16.5. The van der Waals surface area contributed by atoms with Crippen LogP contribution in [0.2, 0.25) is 0 Å². The summed E-state index contributed by atoms with van der Waals surface area (Å²) in [5.41, 5.74) is 0. The Kier molecular flexibility index (Phi) is 3.88. The minimum atomic E-state index is 0.379. The molecule has 1 heterocycles. The van der Waals surface area contributed by atoms with Gasteiger partial charge in [0.15, 0.2) is 0 Å². The average Bonchev–Trinajstić information content (AvgIpc) is 2.16. The van der Waals surface area contributed by atoms with Crippen molar-refractivity contribution in [2.24, 2.45) is 5.92 Å². The van der Waals surface area contributed by atoms with Crippen LogP contribution < -0.4 is 10.1 Å². The molecule has 0 aliphatic carbocycles. The second kappa shape index (κ2) is 4.96. The van der Waals surface area contributed by atoms with Crippen molar-refractivity contribution >= 4 is 5.82 Å². The SMILES string of the molecule is COc1cc(NC(C)C(C)C)nc(C)n1. The molecular formula is C11H19N3O. The fourth-order valence-corrected chi connectivity index (χ4v) is 1.12. The summed E-state index contributed by atoms with van der Waals surface area (Å²) >= 11 is 0. The van der Waals surface area contributed by atoms with Crippen molar-refractivity contribution in [3.63, 3.8) is 0 Å². The maximum atomic E-state index is 5.09. The largest absolute Gasteiger partial charge is 0.481 e. The third kappa shape index (κ3) is 3.38. The minimum absolute atomic E-state index is 0.379. The molecule has 15 heavy (non-hydrogen) atoms. The Morgan fingerprint density at radius 1 is 1.27 bits per heavy atom. The van der Waals surface area contributed by atoms with Gasteiger partial charge in [-0.15, -0.1) is 0 Å². The van der Waals surface area contributed by atoms with Crippen molar-refractivity contribution in [1.82, 2.24) is 9.97 Å². The molecule has 4 nitrogen and oxygen atoms in total. The smallest absolute Gasteiger partial charge is 0.218 e. The highest BCUT2D eigenvalue weighted by Gasteiger charge is 2.08. The fourth-order valence-electron chi connectivity index (χ4n) is 1.12. The first kappa shape index (κ1) is 11.8. The van der Waals surface area contributed by atoms with Gasteiger partial charge < -0.3 is 10.1 Å². The highest BCUT2D eigenvalue weighted by molar-refractivity contribution is 5.39. The lowest BCUT2D eigenvalue weighted by molar-refractivity contribution is 0.395. The van der Waals surface area contributed by atoms with Gasteiger partial charge in [0, 0.05) is 12.1 Å². The third-order valence-corrected chi connectivity index (χ3v) is 2.40. The lowest BCUT2D eigenvalue weighted by Gasteiger charge is -2.18. The van der Waals surface area contributed by atoms with Gasteiger partial charge in [0.1, 0.15) is 11.6 Å². The van der Waals surface area contributed by atoms with Crippen LogP contribution in [0.5, 0.6) is 5.88 Å². The second-order valence-electron chi connectivity index (χ2n) is 4.02. The number of aryl methyl sites for hydroxylation is 1. The molecule has 0 spiro atoms. The molecule has 1 aromatic rings. The Balaban J connectivity index is 2.80. The van der Waals surface area contributed by atoms with Crippen LogP contribution in [0.25, 0.3) is 0 Å². The lowest BCUT2D eigenvalue weighted by Crippen LogP contribution is -2.22. The molecule has 0 fully saturated rings. The van der Waals surface area contributed by atoms with E-state index in [0.717, 1.165) is 5.82 Å². The van der Waals surface area contributed by atoms with Crippen LogP contribution in [0.4, 0.5) is 5.82 Å². The topological polar surface area (TPSA) is 47.0 Å². The van der Waals surface area contributed by atoms with E-state index in [4.69, 9.17) is 4.74 Å². The molecule has 0 radical (unpaired) electrons. The molecule has 0 saturated carbocycles. The van der Waals surface area contributed by atoms with Crippen LogP contribution in [0.15, 0.2) is 6.07 Å². The minimum Gasteiger partial charge on any atom is -0.481 e. The molecular weight excluding hydrogens is 190 g/mol. The molecule has 0 aliphatic heterocycles. The van der Waals surface area contributed by atoms with E-state index >= 15 is 0 Å². The van der Waals surface area contributed by atoms with Crippen molar-refractivity contribution in [3.8, 4) is 5.88 Å². The quantitative estimate of drug-likeness (QED) is 0.826. The summed E-state index contributed by atoms with van der Waals surface area (Å²) in [6.07, 6.45) is 0. The number of aromatic nitrogens is 2. The molecule has 0 aliphatic rings. The third-order valence-electron chi connectivity index (χ3n) is 2.40.